The van der Waals surface area contributed by atoms with Gasteiger partial charge in [-0.3, -0.25) is 9.59 Å². The summed E-state index contributed by atoms with van der Waals surface area (Å²) in [5.74, 6) is -0.742. The molecule has 18 heavy (non-hydrogen) atoms. The molecule has 102 valence electrons. The number of carboxylic acid groups (broad SMARTS) is 1. The van der Waals surface area contributed by atoms with Crippen LogP contribution in [0.3, 0.4) is 0 Å². The molecular weight excluding hydrogens is 232 g/mol. The molecule has 3 rings (SSSR count). The maximum atomic E-state index is 11.4. The Labute approximate surface area is 108 Å². The molecule has 0 aromatic heterocycles. The second-order valence-corrected chi connectivity index (χ2v) is 5.89. The van der Waals surface area contributed by atoms with Gasteiger partial charge in [0.25, 0.3) is 0 Å². The van der Waals surface area contributed by atoms with Gasteiger partial charge in [-0.1, -0.05) is 0 Å². The van der Waals surface area contributed by atoms with Gasteiger partial charge in [0.2, 0.25) is 0 Å². The maximum Gasteiger partial charge on any atom is 0.309 e. The summed E-state index contributed by atoms with van der Waals surface area (Å²) in [5, 5.41) is 9.31. The molecule has 3 saturated carbocycles. The fourth-order valence-corrected chi connectivity index (χ4v) is 3.56. The van der Waals surface area contributed by atoms with Crippen LogP contribution in [-0.4, -0.2) is 23.7 Å². The molecule has 0 spiro atoms. The minimum absolute atomic E-state index is 0.118. The van der Waals surface area contributed by atoms with E-state index in [0.717, 1.165) is 44.9 Å². The maximum absolute atomic E-state index is 11.4. The third-order valence-electron chi connectivity index (χ3n) is 5.02. The number of carboxylic acids is 1. The van der Waals surface area contributed by atoms with E-state index in [0.29, 0.717) is 13.0 Å². The first kappa shape index (κ1) is 13.4. The Kier molecular flexibility index (Phi) is 3.64. The van der Waals surface area contributed by atoms with E-state index in [1.165, 1.54) is 0 Å². The van der Waals surface area contributed by atoms with Crippen molar-refractivity contribution in [2.45, 2.75) is 58.3 Å². The smallest absolute Gasteiger partial charge is 0.309 e. The Balaban J connectivity index is 1.89. The second-order valence-electron chi connectivity index (χ2n) is 5.89. The van der Waals surface area contributed by atoms with Crippen LogP contribution in [0.15, 0.2) is 0 Å². The Hall–Kier alpha value is -1.06. The van der Waals surface area contributed by atoms with Gasteiger partial charge in [0.05, 0.1) is 12.0 Å². The molecule has 1 N–H and O–H groups in total. The van der Waals surface area contributed by atoms with E-state index in [1.54, 1.807) is 0 Å². The van der Waals surface area contributed by atoms with Crippen molar-refractivity contribution in [2.75, 3.05) is 6.61 Å². The number of aliphatic carboxylic acids is 1. The molecule has 3 aliphatic carbocycles. The van der Waals surface area contributed by atoms with Gasteiger partial charge in [0, 0.05) is 6.42 Å². The van der Waals surface area contributed by atoms with E-state index in [-0.39, 0.29) is 11.4 Å². The van der Waals surface area contributed by atoms with Crippen molar-refractivity contribution in [3.05, 3.63) is 0 Å². The van der Waals surface area contributed by atoms with Crippen molar-refractivity contribution in [1.82, 2.24) is 0 Å². The fraction of sp³-hybridized carbons (Fsp3) is 0.857. The normalized spacial score (nSPS) is 34.3. The molecule has 2 bridgehead atoms. The van der Waals surface area contributed by atoms with Crippen molar-refractivity contribution < 1.29 is 19.4 Å². The molecule has 0 saturated heterocycles. The molecule has 3 aliphatic rings. The number of carbonyl (C=O) groups is 2. The highest BCUT2D eigenvalue weighted by molar-refractivity contribution is 5.75. The second kappa shape index (κ2) is 4.90. The first-order valence-electron chi connectivity index (χ1n) is 6.91. The summed E-state index contributed by atoms with van der Waals surface area (Å²) in [6, 6.07) is 0. The van der Waals surface area contributed by atoms with Crippen molar-refractivity contribution in [2.24, 2.45) is 10.8 Å². The highest BCUT2D eigenvalue weighted by Crippen LogP contribution is 2.58. The van der Waals surface area contributed by atoms with Gasteiger partial charge in [-0.05, 0) is 57.3 Å². The molecule has 4 nitrogen and oxygen atoms in total. The molecule has 0 aromatic carbocycles. The molecule has 0 amide bonds. The number of ether oxygens (including phenoxy) is 1. The lowest BCUT2D eigenvalue weighted by atomic mass is 9.52. The van der Waals surface area contributed by atoms with E-state index in [4.69, 9.17) is 4.74 Å². The van der Waals surface area contributed by atoms with Gasteiger partial charge >= 0.3 is 11.9 Å². The van der Waals surface area contributed by atoms with E-state index >= 15 is 0 Å². The van der Waals surface area contributed by atoms with Crippen LogP contribution in [0.5, 0.6) is 0 Å². The Bertz CT molecular complexity index is 323. The van der Waals surface area contributed by atoms with E-state index in [9.17, 15) is 14.7 Å². The molecule has 0 atom stereocenters. The standard InChI is InChI=1S/C14H22O4/c1-2-18-11(15)3-4-13-5-8-14(9-6-13,10-7-13)12(16)17/h2-10H2,1H3,(H,16,17). The SMILES string of the molecule is CCOC(=O)CCC12CCC(C(=O)O)(CC1)CC2. The van der Waals surface area contributed by atoms with Crippen LogP contribution in [0.2, 0.25) is 0 Å². The number of carbonyl (C=O) groups excluding carboxylic acids is 1. The third-order valence-corrected chi connectivity index (χ3v) is 5.02. The Morgan fingerprint density at radius 1 is 1.11 bits per heavy atom. The largest absolute Gasteiger partial charge is 0.481 e. The summed E-state index contributed by atoms with van der Waals surface area (Å²) in [7, 11) is 0. The lowest BCUT2D eigenvalue weighted by Crippen LogP contribution is -2.46. The first-order chi connectivity index (χ1) is 8.52. The molecule has 3 fully saturated rings. The lowest BCUT2D eigenvalue weighted by Gasteiger charge is -2.51. The molecule has 0 radical (unpaired) electrons. The predicted octanol–water partition coefficient (Wildman–Crippen LogP) is 2.75. The van der Waals surface area contributed by atoms with E-state index < -0.39 is 11.4 Å². The van der Waals surface area contributed by atoms with Crippen LogP contribution in [0.1, 0.15) is 58.3 Å². The van der Waals surface area contributed by atoms with E-state index in [2.05, 4.69) is 0 Å². The number of hydrogen-bond donors (Lipinski definition) is 1. The van der Waals surface area contributed by atoms with Gasteiger partial charge in [0.1, 0.15) is 0 Å². The van der Waals surface area contributed by atoms with Crippen LogP contribution >= 0.6 is 0 Å². The number of rotatable bonds is 5. The predicted molar refractivity (Wildman–Crippen MR) is 66.1 cm³/mol. The van der Waals surface area contributed by atoms with Crippen molar-refractivity contribution in [3.8, 4) is 0 Å². The fourth-order valence-electron chi connectivity index (χ4n) is 3.56. The van der Waals surface area contributed by atoms with E-state index in [1.807, 2.05) is 6.92 Å². The Morgan fingerprint density at radius 2 is 1.67 bits per heavy atom. The summed E-state index contributed by atoms with van der Waals surface area (Å²) in [4.78, 5) is 22.7. The number of hydrogen-bond acceptors (Lipinski definition) is 3. The third kappa shape index (κ3) is 2.38. The molecule has 0 heterocycles. The molecule has 0 aromatic rings. The van der Waals surface area contributed by atoms with Gasteiger partial charge in [-0.2, -0.15) is 0 Å². The van der Waals surface area contributed by atoms with Gasteiger partial charge in [0.15, 0.2) is 0 Å². The van der Waals surface area contributed by atoms with Gasteiger partial charge in [-0.25, -0.2) is 0 Å². The highest BCUT2D eigenvalue weighted by atomic mass is 16.5. The first-order valence-corrected chi connectivity index (χ1v) is 6.91. The number of fused-ring (bicyclic) bond motifs is 3. The highest BCUT2D eigenvalue weighted by Gasteiger charge is 2.52. The molecule has 0 aliphatic heterocycles. The van der Waals surface area contributed by atoms with Crippen LogP contribution in [0.4, 0.5) is 0 Å². The molecule has 0 unspecified atom stereocenters. The van der Waals surface area contributed by atoms with Crippen LogP contribution in [0, 0.1) is 10.8 Å². The number of esters is 1. The summed E-state index contributed by atoms with van der Waals surface area (Å²) >= 11 is 0. The summed E-state index contributed by atoms with van der Waals surface area (Å²) in [6.07, 6.45) is 6.56. The average Bonchev–Trinajstić information content (AvgIpc) is 2.39. The molecule has 4 heteroatoms. The topological polar surface area (TPSA) is 63.6 Å². The van der Waals surface area contributed by atoms with Crippen molar-refractivity contribution in [3.63, 3.8) is 0 Å². The van der Waals surface area contributed by atoms with Crippen molar-refractivity contribution in [1.29, 1.82) is 0 Å². The summed E-state index contributed by atoms with van der Waals surface area (Å²) < 4.78 is 4.96. The zero-order valence-corrected chi connectivity index (χ0v) is 11.0. The zero-order valence-electron chi connectivity index (χ0n) is 11.0. The van der Waals surface area contributed by atoms with Crippen LogP contribution in [-0.2, 0) is 14.3 Å². The zero-order chi connectivity index (χ0) is 13.2. The van der Waals surface area contributed by atoms with Gasteiger partial charge in [-0.15, -0.1) is 0 Å². The lowest BCUT2D eigenvalue weighted by molar-refractivity contribution is -0.160. The van der Waals surface area contributed by atoms with Gasteiger partial charge < -0.3 is 9.84 Å². The minimum atomic E-state index is -0.624. The van der Waals surface area contributed by atoms with Crippen molar-refractivity contribution >= 4 is 11.9 Å². The molecular formula is C14H22O4. The van der Waals surface area contributed by atoms with Crippen LogP contribution in [0.25, 0.3) is 0 Å². The Morgan fingerprint density at radius 3 is 2.11 bits per heavy atom. The average molecular weight is 254 g/mol. The quantitative estimate of drug-likeness (QED) is 0.766. The monoisotopic (exact) mass is 254 g/mol. The van der Waals surface area contributed by atoms with Crippen LogP contribution < -0.4 is 0 Å². The summed E-state index contributed by atoms with van der Waals surface area (Å²) in [5.41, 5.74) is -0.240. The minimum Gasteiger partial charge on any atom is -0.481 e. The summed E-state index contributed by atoms with van der Waals surface area (Å²) in [6.45, 7) is 2.26.